The van der Waals surface area contributed by atoms with Crippen LogP contribution in [0.3, 0.4) is 0 Å². The highest BCUT2D eigenvalue weighted by molar-refractivity contribution is 7.07. The van der Waals surface area contributed by atoms with Gasteiger partial charge in [0.25, 0.3) is 11.5 Å². The lowest BCUT2D eigenvalue weighted by molar-refractivity contribution is -0.117. The van der Waals surface area contributed by atoms with Crippen molar-refractivity contribution in [2.24, 2.45) is 0 Å². The largest absolute Gasteiger partial charge is 0.360 e. The Balaban J connectivity index is 1.85. The van der Waals surface area contributed by atoms with E-state index >= 15 is 0 Å². The summed E-state index contributed by atoms with van der Waals surface area (Å²) in [6, 6.07) is 8.85. The molecule has 0 saturated carbocycles. The van der Waals surface area contributed by atoms with Gasteiger partial charge in [0, 0.05) is 36.5 Å². The van der Waals surface area contributed by atoms with Crippen molar-refractivity contribution in [3.05, 3.63) is 62.5 Å². The van der Waals surface area contributed by atoms with Gasteiger partial charge in [-0.2, -0.15) is 5.26 Å². The van der Waals surface area contributed by atoms with Gasteiger partial charge in [-0.3, -0.25) is 19.0 Å². The zero-order chi connectivity index (χ0) is 24.5. The van der Waals surface area contributed by atoms with Crippen LogP contribution in [0.1, 0.15) is 6.92 Å². The number of thiazole rings is 1. The van der Waals surface area contributed by atoms with Gasteiger partial charge in [0.1, 0.15) is 21.8 Å². The maximum absolute atomic E-state index is 12.8. The minimum absolute atomic E-state index is 0.0263. The lowest BCUT2D eigenvalue weighted by atomic mass is 10.2. The Morgan fingerprint density at radius 1 is 1.32 bits per heavy atom. The first kappa shape index (κ1) is 24.0. The number of nitriles is 1. The highest BCUT2D eigenvalue weighted by Crippen LogP contribution is 2.15. The lowest BCUT2D eigenvalue weighted by Crippen LogP contribution is -2.34. The lowest BCUT2D eigenvalue weighted by Gasteiger charge is -2.07. The number of hydrogen-bond donors (Lipinski definition) is 3. The van der Waals surface area contributed by atoms with E-state index in [9.17, 15) is 19.6 Å². The van der Waals surface area contributed by atoms with Crippen LogP contribution in [-0.2, 0) is 22.7 Å². The molecule has 0 bridgehead atoms. The standard InChI is InChI=1S/C23H21N7O3S/c1-3-8-26-21(32)18(12-24)23-30(4-2)22(33)19(34-23)13-27-16-6-5-7-17(11-16)28-20(31)14-29-10-9-25-15-29/h1,5-7,9-11,13,15,27H,4,8,14H2,2H3,(H,26,32)(H,28,31)/b19-13+,23-18-. The van der Waals surface area contributed by atoms with E-state index in [2.05, 4.69) is 26.9 Å². The normalized spacial score (nSPS) is 11.8. The number of amides is 2. The van der Waals surface area contributed by atoms with Gasteiger partial charge in [0.05, 0.1) is 12.9 Å². The Kier molecular flexibility index (Phi) is 8.00. The summed E-state index contributed by atoms with van der Waals surface area (Å²) in [6.45, 7) is 2.14. The predicted molar refractivity (Wildman–Crippen MR) is 130 cm³/mol. The summed E-state index contributed by atoms with van der Waals surface area (Å²) in [5.74, 6) is 1.42. The van der Waals surface area contributed by atoms with Crippen LogP contribution in [0.4, 0.5) is 11.4 Å². The molecule has 0 radical (unpaired) electrons. The molecule has 11 heteroatoms. The summed E-state index contributed by atoms with van der Waals surface area (Å²) < 4.78 is 3.57. The van der Waals surface area contributed by atoms with Crippen molar-refractivity contribution in [1.29, 1.82) is 5.26 Å². The average Bonchev–Trinajstić information content (AvgIpc) is 3.44. The number of carbonyl (C=O) groups is 2. The zero-order valence-corrected chi connectivity index (χ0v) is 19.1. The Bertz CT molecular complexity index is 1450. The quantitative estimate of drug-likeness (QED) is 0.394. The van der Waals surface area contributed by atoms with Gasteiger partial charge in [-0.1, -0.05) is 12.0 Å². The summed E-state index contributed by atoms with van der Waals surface area (Å²) in [4.78, 5) is 41.2. The van der Waals surface area contributed by atoms with Gasteiger partial charge in [0.15, 0.2) is 5.57 Å². The molecule has 0 atom stereocenters. The number of imidazole rings is 1. The molecule has 34 heavy (non-hydrogen) atoms. The number of aromatic nitrogens is 3. The molecule has 3 rings (SSSR count). The second kappa shape index (κ2) is 11.3. The Hall–Kier alpha value is -4.61. The van der Waals surface area contributed by atoms with Crippen LogP contribution in [0.15, 0.2) is 47.8 Å². The van der Waals surface area contributed by atoms with Crippen LogP contribution in [0, 0.1) is 23.7 Å². The molecule has 3 aromatic rings. The molecule has 0 aliphatic carbocycles. The first-order valence-electron chi connectivity index (χ1n) is 10.1. The number of nitrogens with zero attached hydrogens (tertiary/aromatic N) is 4. The van der Waals surface area contributed by atoms with Gasteiger partial charge >= 0.3 is 0 Å². The zero-order valence-electron chi connectivity index (χ0n) is 18.2. The number of rotatable bonds is 8. The van der Waals surface area contributed by atoms with Crippen molar-refractivity contribution in [2.45, 2.75) is 20.0 Å². The fourth-order valence-electron chi connectivity index (χ4n) is 2.99. The van der Waals surface area contributed by atoms with Crippen molar-refractivity contribution in [3.8, 4) is 18.4 Å². The average molecular weight is 476 g/mol. The molecular formula is C23H21N7O3S. The third-order valence-electron chi connectivity index (χ3n) is 4.53. The highest BCUT2D eigenvalue weighted by Gasteiger charge is 2.14. The van der Waals surface area contributed by atoms with E-state index in [1.807, 2.05) is 6.07 Å². The van der Waals surface area contributed by atoms with Crippen molar-refractivity contribution in [2.75, 3.05) is 17.2 Å². The molecule has 2 heterocycles. The van der Waals surface area contributed by atoms with Crippen molar-refractivity contribution in [3.63, 3.8) is 0 Å². The van der Waals surface area contributed by atoms with Gasteiger partial charge < -0.3 is 20.5 Å². The Labute approximate surface area is 198 Å². The maximum atomic E-state index is 12.8. The number of benzene rings is 1. The van der Waals surface area contributed by atoms with Crippen LogP contribution in [0.25, 0.3) is 11.8 Å². The van der Waals surface area contributed by atoms with Crippen LogP contribution in [0.2, 0.25) is 0 Å². The smallest absolute Gasteiger partial charge is 0.270 e. The first-order valence-corrected chi connectivity index (χ1v) is 11.0. The molecule has 0 aliphatic rings. The number of terminal acetylenes is 1. The molecule has 0 fully saturated rings. The third kappa shape index (κ3) is 5.79. The fraction of sp³-hybridized carbons (Fsp3) is 0.174. The summed E-state index contributed by atoms with van der Waals surface area (Å²) in [6.07, 6.45) is 11.5. The first-order chi connectivity index (χ1) is 16.5. The summed E-state index contributed by atoms with van der Waals surface area (Å²) >= 11 is 1.02. The number of hydrogen-bond acceptors (Lipinski definition) is 7. The van der Waals surface area contributed by atoms with Gasteiger partial charge in [-0.05, 0) is 25.1 Å². The molecule has 2 aromatic heterocycles. The highest BCUT2D eigenvalue weighted by atomic mass is 32.1. The molecule has 0 unspecified atom stereocenters. The fourth-order valence-corrected chi connectivity index (χ4v) is 4.08. The predicted octanol–water partition coefficient (Wildman–Crippen LogP) is 0.0387. The molecule has 2 amide bonds. The molecule has 10 nitrogen and oxygen atoms in total. The molecule has 3 N–H and O–H groups in total. The molecular weight excluding hydrogens is 454 g/mol. The molecule has 172 valence electrons. The number of nitrogens with one attached hydrogen (secondary N) is 3. The van der Waals surface area contributed by atoms with Gasteiger partial charge in [-0.15, -0.1) is 17.8 Å². The van der Waals surface area contributed by atoms with E-state index in [1.54, 1.807) is 54.5 Å². The van der Waals surface area contributed by atoms with Crippen LogP contribution in [-0.4, -0.2) is 32.5 Å². The minimum Gasteiger partial charge on any atom is -0.360 e. The van der Waals surface area contributed by atoms with Crippen LogP contribution >= 0.6 is 11.3 Å². The second-order valence-corrected chi connectivity index (χ2v) is 7.88. The number of carbonyl (C=O) groups excluding carboxylic acids is 2. The van der Waals surface area contributed by atoms with E-state index in [-0.39, 0.29) is 41.3 Å². The molecule has 1 aromatic carbocycles. The van der Waals surface area contributed by atoms with E-state index in [0.29, 0.717) is 15.9 Å². The molecule has 0 spiro atoms. The third-order valence-corrected chi connectivity index (χ3v) is 5.66. The van der Waals surface area contributed by atoms with Crippen molar-refractivity contribution in [1.82, 2.24) is 19.4 Å². The van der Waals surface area contributed by atoms with Crippen LogP contribution in [0.5, 0.6) is 0 Å². The SMILES string of the molecule is C#CCNC(=O)/C(C#N)=c1\s/c(=C/Nc2cccc(NC(=O)Cn3ccnc3)c2)c(=O)n1CC. The van der Waals surface area contributed by atoms with Crippen LogP contribution < -0.4 is 30.7 Å². The summed E-state index contributed by atoms with van der Waals surface area (Å²) in [7, 11) is 0. The van der Waals surface area contributed by atoms with E-state index in [0.717, 1.165) is 11.3 Å². The van der Waals surface area contributed by atoms with E-state index in [1.165, 1.54) is 10.8 Å². The van der Waals surface area contributed by atoms with Gasteiger partial charge in [0.2, 0.25) is 5.91 Å². The second-order valence-electron chi connectivity index (χ2n) is 6.85. The monoisotopic (exact) mass is 475 g/mol. The van der Waals surface area contributed by atoms with E-state index in [4.69, 9.17) is 6.42 Å². The number of anilines is 2. The minimum atomic E-state index is -0.637. The van der Waals surface area contributed by atoms with Crippen molar-refractivity contribution < 1.29 is 9.59 Å². The molecule has 0 saturated heterocycles. The van der Waals surface area contributed by atoms with E-state index < -0.39 is 5.91 Å². The maximum Gasteiger partial charge on any atom is 0.270 e. The Morgan fingerprint density at radius 3 is 2.79 bits per heavy atom. The molecule has 0 aliphatic heterocycles. The summed E-state index contributed by atoms with van der Waals surface area (Å²) in [5, 5.41) is 17.8. The Morgan fingerprint density at radius 2 is 2.12 bits per heavy atom. The van der Waals surface area contributed by atoms with Crippen molar-refractivity contribution >= 4 is 46.3 Å². The topological polar surface area (TPSA) is 134 Å². The summed E-state index contributed by atoms with van der Waals surface area (Å²) in [5.41, 5.74) is 0.694. The van der Waals surface area contributed by atoms with Gasteiger partial charge in [-0.25, -0.2) is 4.98 Å².